The van der Waals surface area contributed by atoms with Gasteiger partial charge in [-0.1, -0.05) is 55.8 Å². The van der Waals surface area contributed by atoms with E-state index in [-0.39, 0.29) is 11.7 Å². The van der Waals surface area contributed by atoms with E-state index in [0.717, 1.165) is 36.8 Å². The second kappa shape index (κ2) is 6.95. The van der Waals surface area contributed by atoms with E-state index in [4.69, 9.17) is 16.3 Å². The van der Waals surface area contributed by atoms with Gasteiger partial charge < -0.3 is 14.7 Å². The van der Waals surface area contributed by atoms with Crippen molar-refractivity contribution >= 4 is 23.5 Å². The van der Waals surface area contributed by atoms with E-state index in [2.05, 4.69) is 0 Å². The first kappa shape index (κ1) is 17.4. The van der Waals surface area contributed by atoms with Crippen LogP contribution in [0.4, 0.5) is 0 Å². The molecule has 1 amide bonds. The van der Waals surface area contributed by atoms with Crippen molar-refractivity contribution in [2.45, 2.75) is 51.0 Å². The minimum atomic E-state index is -0.931. The van der Waals surface area contributed by atoms with Gasteiger partial charge in [-0.15, -0.1) is 0 Å². The number of halogens is 1. The average Bonchev–Trinajstić information content (AvgIpc) is 2.95. The number of amides is 1. The summed E-state index contributed by atoms with van der Waals surface area (Å²) in [5, 5.41) is 10.2. The third-order valence-electron chi connectivity index (χ3n) is 5.74. The maximum absolute atomic E-state index is 12.9. The molecule has 2 aliphatic heterocycles. The number of hydrogen-bond donors (Lipinski definition) is 1. The zero-order valence-electron chi connectivity index (χ0n) is 14.5. The number of carbonyl (C=O) groups is 2. The maximum atomic E-state index is 12.9. The fourth-order valence-electron chi connectivity index (χ4n) is 4.37. The molecule has 0 spiro atoms. The van der Waals surface area contributed by atoms with Crippen molar-refractivity contribution in [2.75, 3.05) is 6.54 Å². The molecule has 1 fully saturated rings. The van der Waals surface area contributed by atoms with Crippen molar-refractivity contribution < 1.29 is 19.4 Å². The van der Waals surface area contributed by atoms with Crippen molar-refractivity contribution in [1.29, 1.82) is 0 Å². The SMILES string of the molecule is O=C(O)[C@H](CC1CCCCC1)N1CC2=C(Oc3c(Cl)cccc3C2)C1=O. The Morgan fingerprint density at radius 3 is 2.81 bits per heavy atom. The lowest BCUT2D eigenvalue weighted by molar-refractivity contribution is -0.149. The minimum absolute atomic E-state index is 0.264. The second-order valence-electron chi connectivity index (χ2n) is 7.47. The van der Waals surface area contributed by atoms with Crippen LogP contribution in [-0.2, 0) is 16.0 Å². The zero-order chi connectivity index (χ0) is 18.3. The van der Waals surface area contributed by atoms with Crippen molar-refractivity contribution in [3.8, 4) is 5.75 Å². The highest BCUT2D eigenvalue weighted by atomic mass is 35.5. The summed E-state index contributed by atoms with van der Waals surface area (Å²) in [6.45, 7) is 0.323. The first-order valence-corrected chi connectivity index (χ1v) is 9.63. The number of carboxylic acid groups (broad SMARTS) is 1. The predicted molar refractivity (Wildman–Crippen MR) is 97.1 cm³/mol. The van der Waals surface area contributed by atoms with Crippen molar-refractivity contribution in [3.05, 3.63) is 40.1 Å². The number of ether oxygens (including phenoxy) is 1. The van der Waals surface area contributed by atoms with Gasteiger partial charge in [0.1, 0.15) is 11.8 Å². The Balaban J connectivity index is 1.53. The van der Waals surface area contributed by atoms with Crippen molar-refractivity contribution in [1.82, 2.24) is 4.90 Å². The van der Waals surface area contributed by atoms with Gasteiger partial charge >= 0.3 is 5.97 Å². The molecule has 4 rings (SSSR count). The topological polar surface area (TPSA) is 66.8 Å². The third kappa shape index (κ3) is 3.09. The summed E-state index contributed by atoms with van der Waals surface area (Å²) in [6.07, 6.45) is 6.72. The molecular weight excluding hydrogens is 354 g/mol. The Morgan fingerprint density at radius 1 is 1.31 bits per heavy atom. The van der Waals surface area contributed by atoms with E-state index in [0.29, 0.717) is 36.1 Å². The van der Waals surface area contributed by atoms with Crippen LogP contribution in [0.2, 0.25) is 5.02 Å². The highest BCUT2D eigenvalue weighted by Gasteiger charge is 2.42. The van der Waals surface area contributed by atoms with Crippen LogP contribution in [0.1, 0.15) is 44.1 Å². The number of benzene rings is 1. The molecule has 138 valence electrons. The second-order valence-corrected chi connectivity index (χ2v) is 7.87. The molecule has 0 unspecified atom stereocenters. The first-order valence-electron chi connectivity index (χ1n) is 9.25. The molecule has 2 heterocycles. The number of aliphatic carboxylic acids is 1. The van der Waals surface area contributed by atoms with Crippen LogP contribution in [0.3, 0.4) is 0 Å². The van der Waals surface area contributed by atoms with Crippen LogP contribution >= 0.6 is 11.6 Å². The van der Waals surface area contributed by atoms with Crippen LogP contribution in [0.15, 0.2) is 29.5 Å². The quantitative estimate of drug-likeness (QED) is 0.869. The van der Waals surface area contributed by atoms with Gasteiger partial charge in [0.25, 0.3) is 5.91 Å². The van der Waals surface area contributed by atoms with Gasteiger partial charge in [0, 0.05) is 24.1 Å². The molecule has 1 N–H and O–H groups in total. The predicted octanol–water partition coefficient (Wildman–Crippen LogP) is 3.79. The van der Waals surface area contributed by atoms with Gasteiger partial charge in [0.2, 0.25) is 0 Å². The molecule has 1 saturated carbocycles. The lowest BCUT2D eigenvalue weighted by Gasteiger charge is -2.30. The molecule has 26 heavy (non-hydrogen) atoms. The van der Waals surface area contributed by atoms with Gasteiger partial charge in [0.05, 0.1) is 5.02 Å². The molecule has 0 aromatic heterocycles. The number of nitrogens with zero attached hydrogens (tertiary/aromatic N) is 1. The summed E-state index contributed by atoms with van der Waals surface area (Å²) in [6, 6.07) is 4.72. The number of hydrogen-bond acceptors (Lipinski definition) is 3. The Hall–Kier alpha value is -2.01. The van der Waals surface area contributed by atoms with Gasteiger partial charge in [-0.25, -0.2) is 4.79 Å². The lowest BCUT2D eigenvalue weighted by atomic mass is 9.84. The number of para-hydroxylation sites is 1. The molecule has 1 aromatic carbocycles. The number of carboxylic acids is 1. The van der Waals surface area contributed by atoms with Crippen molar-refractivity contribution in [3.63, 3.8) is 0 Å². The highest BCUT2D eigenvalue weighted by molar-refractivity contribution is 6.32. The molecule has 1 atom stereocenters. The highest BCUT2D eigenvalue weighted by Crippen LogP contribution is 2.40. The standard InChI is InChI=1S/C20H22ClNO4/c21-15-8-4-7-13-10-14-11-22(19(23)18(14)26-17(13)15)16(20(24)25)9-12-5-2-1-3-6-12/h4,7-8,12,16H,1-3,5-6,9-11H2,(H,24,25)/t16-/m0/s1. The van der Waals surface area contributed by atoms with E-state index < -0.39 is 12.0 Å². The molecule has 0 radical (unpaired) electrons. The number of carbonyl (C=O) groups excluding carboxylic acids is 1. The lowest BCUT2D eigenvalue weighted by Crippen LogP contribution is -2.44. The Morgan fingerprint density at radius 2 is 2.08 bits per heavy atom. The van der Waals surface area contributed by atoms with Crippen LogP contribution in [-0.4, -0.2) is 34.5 Å². The fourth-order valence-corrected chi connectivity index (χ4v) is 4.61. The summed E-state index contributed by atoms with van der Waals surface area (Å²) in [7, 11) is 0. The van der Waals surface area contributed by atoms with Crippen LogP contribution in [0.5, 0.6) is 5.75 Å². The monoisotopic (exact) mass is 375 g/mol. The summed E-state index contributed by atoms with van der Waals surface area (Å²) in [5.41, 5.74) is 1.78. The fraction of sp³-hybridized carbons (Fsp3) is 0.500. The van der Waals surface area contributed by atoms with Crippen LogP contribution in [0.25, 0.3) is 0 Å². The average molecular weight is 376 g/mol. The zero-order valence-corrected chi connectivity index (χ0v) is 15.3. The first-order chi connectivity index (χ1) is 12.5. The molecule has 1 aromatic rings. The normalized spacial score (nSPS) is 21.3. The molecule has 3 aliphatic rings. The van der Waals surface area contributed by atoms with Crippen LogP contribution in [0, 0.1) is 5.92 Å². The summed E-state index contributed by atoms with van der Waals surface area (Å²) in [4.78, 5) is 26.3. The summed E-state index contributed by atoms with van der Waals surface area (Å²) >= 11 is 6.19. The van der Waals surface area contributed by atoms with Crippen molar-refractivity contribution in [2.24, 2.45) is 5.92 Å². The Bertz CT molecular complexity index is 782. The molecular formula is C20H22ClNO4. The smallest absolute Gasteiger partial charge is 0.326 e. The summed E-state index contributed by atoms with van der Waals surface area (Å²) in [5.74, 6) is -0.0984. The number of fused-ring (bicyclic) bond motifs is 1. The molecule has 0 bridgehead atoms. The van der Waals surface area contributed by atoms with Gasteiger partial charge in [0.15, 0.2) is 5.76 Å². The van der Waals surface area contributed by atoms with E-state index in [9.17, 15) is 14.7 Å². The maximum Gasteiger partial charge on any atom is 0.326 e. The molecule has 1 aliphatic carbocycles. The Labute approximate surface area is 157 Å². The summed E-state index contributed by atoms with van der Waals surface area (Å²) < 4.78 is 5.81. The third-order valence-corrected chi connectivity index (χ3v) is 6.03. The Kier molecular flexibility index (Phi) is 4.65. The van der Waals surface area contributed by atoms with E-state index in [1.807, 2.05) is 12.1 Å². The largest absolute Gasteiger partial charge is 0.480 e. The van der Waals surface area contributed by atoms with Gasteiger partial charge in [-0.05, 0) is 18.4 Å². The molecule has 0 saturated heterocycles. The van der Waals surface area contributed by atoms with E-state index in [1.165, 1.54) is 11.3 Å². The van der Waals surface area contributed by atoms with Gasteiger partial charge in [-0.2, -0.15) is 0 Å². The minimum Gasteiger partial charge on any atom is -0.480 e. The molecule has 6 heteroatoms. The van der Waals surface area contributed by atoms with Crippen LogP contribution < -0.4 is 4.74 Å². The molecule has 5 nitrogen and oxygen atoms in total. The van der Waals surface area contributed by atoms with E-state index >= 15 is 0 Å². The number of rotatable bonds is 4. The van der Waals surface area contributed by atoms with Gasteiger partial charge in [-0.3, -0.25) is 4.79 Å². The van der Waals surface area contributed by atoms with E-state index in [1.54, 1.807) is 6.07 Å².